The van der Waals surface area contributed by atoms with Gasteiger partial charge in [-0.2, -0.15) is 0 Å². The summed E-state index contributed by atoms with van der Waals surface area (Å²) in [5.74, 6) is 0. The van der Waals surface area contributed by atoms with E-state index in [9.17, 15) is 0 Å². The molecule has 4 atom stereocenters. The van der Waals surface area contributed by atoms with Gasteiger partial charge in [0.15, 0.2) is 0 Å². The van der Waals surface area contributed by atoms with Crippen molar-refractivity contribution in [2.45, 2.75) is 63.2 Å². The molecule has 2 fully saturated rings. The van der Waals surface area contributed by atoms with Gasteiger partial charge in [0.2, 0.25) is 0 Å². The van der Waals surface area contributed by atoms with E-state index in [1.54, 1.807) is 0 Å². The van der Waals surface area contributed by atoms with E-state index in [0.717, 1.165) is 13.2 Å². The summed E-state index contributed by atoms with van der Waals surface area (Å²) in [7, 11) is -2.47. The Bertz CT molecular complexity index is 338. The molecule has 0 N–H and O–H groups in total. The van der Waals surface area contributed by atoms with Crippen LogP contribution in [-0.4, -0.2) is 46.2 Å². The van der Waals surface area contributed by atoms with Crippen LogP contribution in [0.4, 0.5) is 0 Å². The van der Waals surface area contributed by atoms with E-state index in [2.05, 4.69) is 40.9 Å². The van der Waals surface area contributed by atoms with Crippen molar-refractivity contribution >= 4 is 8.56 Å². The number of ether oxygens (including phenoxy) is 2. The Morgan fingerprint density at radius 2 is 1.24 bits per heavy atom. The zero-order valence-electron chi connectivity index (χ0n) is 13.6. The van der Waals surface area contributed by atoms with Gasteiger partial charge in [-0.25, -0.2) is 0 Å². The maximum Gasteiger partial charge on any atom is 0.344 e. The Kier molecular flexibility index (Phi) is 5.43. The van der Waals surface area contributed by atoms with E-state index >= 15 is 0 Å². The Hall–Kier alpha value is -0.463. The van der Waals surface area contributed by atoms with E-state index < -0.39 is 8.56 Å². The van der Waals surface area contributed by atoms with Crippen molar-refractivity contribution in [3.05, 3.63) is 25.3 Å². The molecule has 0 amide bonds. The fourth-order valence-electron chi connectivity index (χ4n) is 2.71. The molecule has 0 aromatic carbocycles. The molecule has 0 unspecified atom stereocenters. The SMILES string of the molecule is C=C[C@H](O[Si](O[C@@H](C=C)[C@H]1CO1)(C(C)C)C(C)C)[C@H]1CO1. The van der Waals surface area contributed by atoms with Crippen molar-refractivity contribution in [2.24, 2.45) is 0 Å². The van der Waals surface area contributed by atoms with Gasteiger partial charge >= 0.3 is 8.56 Å². The first-order valence-corrected chi connectivity index (χ1v) is 9.75. The number of hydrogen-bond acceptors (Lipinski definition) is 4. The molecule has 0 spiro atoms. The van der Waals surface area contributed by atoms with Crippen LogP contribution >= 0.6 is 0 Å². The minimum Gasteiger partial charge on any atom is -0.384 e. The summed E-state index contributed by atoms with van der Waals surface area (Å²) < 4.78 is 23.8. The summed E-state index contributed by atoms with van der Waals surface area (Å²) in [5.41, 5.74) is 0.639. The van der Waals surface area contributed by atoms with E-state index in [-0.39, 0.29) is 24.4 Å². The monoisotopic (exact) mass is 312 g/mol. The first kappa shape index (κ1) is 16.9. The summed E-state index contributed by atoms with van der Waals surface area (Å²) in [4.78, 5) is 0. The van der Waals surface area contributed by atoms with Crippen LogP contribution in [0, 0.1) is 0 Å². The fraction of sp³-hybridized carbons (Fsp3) is 0.750. The third-order valence-corrected chi connectivity index (χ3v) is 8.67. The lowest BCUT2D eigenvalue weighted by molar-refractivity contribution is 0.0766. The van der Waals surface area contributed by atoms with Crippen molar-refractivity contribution < 1.29 is 18.3 Å². The first-order chi connectivity index (χ1) is 9.94. The van der Waals surface area contributed by atoms with Gasteiger partial charge in [-0.05, 0) is 11.1 Å². The molecular weight excluding hydrogens is 284 g/mol. The topological polar surface area (TPSA) is 43.5 Å². The molecule has 2 aliphatic heterocycles. The van der Waals surface area contributed by atoms with E-state index in [1.165, 1.54) is 0 Å². The zero-order chi connectivity index (χ0) is 15.6. The van der Waals surface area contributed by atoms with Gasteiger partial charge < -0.3 is 18.3 Å². The Balaban J connectivity index is 2.18. The lowest BCUT2D eigenvalue weighted by Crippen LogP contribution is -2.53. The minimum atomic E-state index is -2.47. The predicted molar refractivity (Wildman–Crippen MR) is 85.6 cm³/mol. The van der Waals surface area contributed by atoms with Crippen LogP contribution in [0.25, 0.3) is 0 Å². The molecule has 2 saturated heterocycles. The van der Waals surface area contributed by atoms with E-state index in [1.807, 2.05) is 12.2 Å². The third-order valence-electron chi connectivity index (χ3n) is 4.17. The van der Waals surface area contributed by atoms with Crippen LogP contribution in [0.1, 0.15) is 27.7 Å². The van der Waals surface area contributed by atoms with Crippen LogP contribution in [0.5, 0.6) is 0 Å². The second-order valence-corrected chi connectivity index (χ2v) is 10.6. The van der Waals surface area contributed by atoms with Crippen LogP contribution in [0.15, 0.2) is 25.3 Å². The van der Waals surface area contributed by atoms with Crippen LogP contribution < -0.4 is 0 Å². The van der Waals surface area contributed by atoms with Crippen molar-refractivity contribution in [3.8, 4) is 0 Å². The molecule has 5 heteroatoms. The maximum absolute atomic E-state index is 6.51. The number of rotatable bonds is 10. The standard InChI is InChI=1S/C16H28O4Si/c1-7-13(15-9-17-15)19-21(11(3)4,12(5)6)20-14(8-2)16-10-18-16/h7-8,11-16H,1-2,9-10H2,3-6H3/t13-,14-,15+,16+/m0/s1. The van der Waals surface area contributed by atoms with Crippen molar-refractivity contribution in [2.75, 3.05) is 13.2 Å². The van der Waals surface area contributed by atoms with Gasteiger partial charge in [0.25, 0.3) is 0 Å². The van der Waals surface area contributed by atoms with Crippen LogP contribution in [0.3, 0.4) is 0 Å². The summed E-state index contributed by atoms with van der Waals surface area (Å²) >= 11 is 0. The van der Waals surface area contributed by atoms with E-state index in [4.69, 9.17) is 18.3 Å². The molecular formula is C16H28O4Si. The molecule has 0 aromatic rings. The van der Waals surface area contributed by atoms with Gasteiger partial charge in [-0.15, -0.1) is 13.2 Å². The highest BCUT2D eigenvalue weighted by Crippen LogP contribution is 2.39. The fourth-order valence-corrected chi connectivity index (χ4v) is 6.53. The van der Waals surface area contributed by atoms with Crippen LogP contribution in [0.2, 0.25) is 11.1 Å². The highest BCUT2D eigenvalue weighted by Gasteiger charge is 2.51. The van der Waals surface area contributed by atoms with Crippen molar-refractivity contribution in [1.82, 2.24) is 0 Å². The summed E-state index contributed by atoms with van der Waals surface area (Å²) in [6.45, 7) is 18.0. The normalized spacial score (nSPS) is 27.5. The molecule has 21 heavy (non-hydrogen) atoms. The average Bonchev–Trinajstić information content (AvgIpc) is 3.28. The highest BCUT2D eigenvalue weighted by molar-refractivity contribution is 6.70. The molecule has 0 aromatic heterocycles. The quantitative estimate of drug-likeness (QED) is 0.353. The maximum atomic E-state index is 6.51. The number of epoxide rings is 2. The molecule has 0 bridgehead atoms. The van der Waals surface area contributed by atoms with Crippen molar-refractivity contribution in [1.29, 1.82) is 0 Å². The largest absolute Gasteiger partial charge is 0.384 e. The van der Waals surface area contributed by atoms with Crippen LogP contribution in [-0.2, 0) is 18.3 Å². The lowest BCUT2D eigenvalue weighted by atomic mass is 10.3. The molecule has 120 valence electrons. The van der Waals surface area contributed by atoms with Gasteiger partial charge in [0.1, 0.15) is 12.2 Å². The lowest BCUT2D eigenvalue weighted by Gasteiger charge is -2.41. The Morgan fingerprint density at radius 3 is 1.43 bits per heavy atom. The second kappa shape index (κ2) is 6.75. The number of hydrogen-bond donors (Lipinski definition) is 0. The third kappa shape index (κ3) is 3.84. The molecule has 2 rings (SSSR count). The minimum absolute atomic E-state index is 0.0907. The van der Waals surface area contributed by atoms with Gasteiger partial charge in [0.05, 0.1) is 25.4 Å². The molecule has 4 nitrogen and oxygen atoms in total. The van der Waals surface area contributed by atoms with Gasteiger partial charge in [0, 0.05) is 0 Å². The Labute approximate surface area is 129 Å². The highest BCUT2D eigenvalue weighted by atomic mass is 28.4. The summed E-state index contributed by atoms with van der Waals surface area (Å²) in [6, 6.07) is 0. The van der Waals surface area contributed by atoms with Gasteiger partial charge in [-0.3, -0.25) is 0 Å². The average molecular weight is 312 g/mol. The molecule has 0 saturated carbocycles. The summed E-state index contributed by atoms with van der Waals surface area (Å²) in [5, 5.41) is 0. The molecule has 2 heterocycles. The Morgan fingerprint density at radius 1 is 0.905 bits per heavy atom. The zero-order valence-corrected chi connectivity index (χ0v) is 14.6. The molecule has 0 radical (unpaired) electrons. The summed E-state index contributed by atoms with van der Waals surface area (Å²) in [6.07, 6.45) is 3.76. The predicted octanol–water partition coefficient (Wildman–Crippen LogP) is 3.19. The first-order valence-electron chi connectivity index (χ1n) is 7.78. The van der Waals surface area contributed by atoms with E-state index in [0.29, 0.717) is 11.1 Å². The van der Waals surface area contributed by atoms with Gasteiger partial charge in [-0.1, -0.05) is 39.8 Å². The smallest absolute Gasteiger partial charge is 0.344 e. The second-order valence-electron chi connectivity index (χ2n) is 6.41. The molecule has 2 aliphatic rings. The molecule has 0 aliphatic carbocycles. The van der Waals surface area contributed by atoms with Crippen molar-refractivity contribution in [3.63, 3.8) is 0 Å².